The highest BCUT2D eigenvalue weighted by atomic mass is 16.4. The van der Waals surface area contributed by atoms with Gasteiger partial charge in [0.15, 0.2) is 0 Å². The Hall–Kier alpha value is -1.77. The van der Waals surface area contributed by atoms with Gasteiger partial charge in [-0.25, -0.2) is 4.79 Å². The second-order valence-corrected chi connectivity index (χ2v) is 7.32. The fraction of sp³-hybridized carbons (Fsp3) is 0.524. The summed E-state index contributed by atoms with van der Waals surface area (Å²) >= 11 is 0. The third-order valence-electron chi connectivity index (χ3n) is 5.55. The van der Waals surface area contributed by atoms with Crippen LogP contribution >= 0.6 is 0 Å². The molecule has 1 heterocycles. The van der Waals surface area contributed by atoms with Gasteiger partial charge in [-0.2, -0.15) is 0 Å². The van der Waals surface area contributed by atoms with E-state index < -0.39 is 0 Å². The van der Waals surface area contributed by atoms with Crippen molar-refractivity contribution in [2.45, 2.75) is 63.7 Å². The summed E-state index contributed by atoms with van der Waals surface area (Å²) in [6.07, 6.45) is 17.7. The quantitative estimate of drug-likeness (QED) is 0.884. The lowest BCUT2D eigenvalue weighted by Crippen LogP contribution is -2.19. The summed E-state index contributed by atoms with van der Waals surface area (Å²) in [4.78, 5) is 12.7. The predicted molar refractivity (Wildman–Crippen MR) is 94.1 cm³/mol. The lowest BCUT2D eigenvalue weighted by Gasteiger charge is -2.23. The van der Waals surface area contributed by atoms with Crippen LogP contribution in [-0.4, -0.2) is 5.11 Å². The molecule has 1 fully saturated rings. The largest absolute Gasteiger partial charge is 0.507 e. The topological polar surface area (TPSA) is 50.4 Å². The summed E-state index contributed by atoms with van der Waals surface area (Å²) in [6.45, 7) is 0. The molecule has 24 heavy (non-hydrogen) atoms. The Morgan fingerprint density at radius 3 is 2.62 bits per heavy atom. The molecule has 0 aliphatic heterocycles. The van der Waals surface area contributed by atoms with Crippen LogP contribution in [0.15, 0.2) is 33.0 Å². The molecule has 0 spiro atoms. The lowest BCUT2D eigenvalue weighted by atomic mass is 9.83. The first kappa shape index (κ1) is 15.7. The number of hydrogen-bond donors (Lipinski definition) is 1. The molecule has 4 rings (SSSR count). The molecule has 3 aliphatic rings. The zero-order chi connectivity index (χ0) is 16.5. The van der Waals surface area contributed by atoms with Gasteiger partial charge in [-0.1, -0.05) is 31.1 Å². The van der Waals surface area contributed by atoms with Gasteiger partial charge in [0.05, 0.1) is 5.56 Å². The van der Waals surface area contributed by atoms with Crippen LogP contribution in [0.1, 0.15) is 67.8 Å². The normalized spacial score (nSPS) is 22.2. The van der Waals surface area contributed by atoms with E-state index in [4.69, 9.17) is 4.42 Å². The fourth-order valence-electron chi connectivity index (χ4n) is 4.15. The highest BCUT2D eigenvalue weighted by Crippen LogP contribution is 2.49. The molecule has 1 aromatic rings. The van der Waals surface area contributed by atoms with Crippen LogP contribution in [0.25, 0.3) is 0 Å². The molecule has 1 unspecified atom stereocenters. The highest BCUT2D eigenvalue weighted by Gasteiger charge is 2.39. The van der Waals surface area contributed by atoms with E-state index in [0.717, 1.165) is 61.8 Å². The Morgan fingerprint density at radius 1 is 1.12 bits per heavy atom. The van der Waals surface area contributed by atoms with Gasteiger partial charge in [-0.05, 0) is 56.4 Å². The van der Waals surface area contributed by atoms with E-state index >= 15 is 0 Å². The highest BCUT2D eigenvalue weighted by molar-refractivity contribution is 5.49. The maximum absolute atomic E-state index is 12.7. The predicted octanol–water partition coefficient (Wildman–Crippen LogP) is 4.59. The van der Waals surface area contributed by atoms with E-state index in [1.807, 2.05) is 0 Å². The van der Waals surface area contributed by atoms with E-state index in [0.29, 0.717) is 11.5 Å². The number of aromatic hydroxyl groups is 1. The molecule has 0 aromatic carbocycles. The molecular formula is C21H25O3. The first-order valence-corrected chi connectivity index (χ1v) is 9.33. The summed E-state index contributed by atoms with van der Waals surface area (Å²) in [5, 5.41) is 11.0. The van der Waals surface area contributed by atoms with E-state index in [1.54, 1.807) is 0 Å². The van der Waals surface area contributed by atoms with Crippen molar-refractivity contribution in [3.8, 4) is 5.75 Å². The van der Waals surface area contributed by atoms with Crippen molar-refractivity contribution in [2.75, 3.05) is 0 Å². The van der Waals surface area contributed by atoms with Crippen LogP contribution in [0.5, 0.6) is 5.75 Å². The zero-order valence-corrected chi connectivity index (χ0v) is 14.1. The first-order chi connectivity index (χ1) is 11.8. The smallest absolute Gasteiger partial charge is 0.343 e. The Morgan fingerprint density at radius 2 is 1.92 bits per heavy atom. The molecule has 1 N–H and O–H groups in total. The minimum Gasteiger partial charge on any atom is -0.507 e. The zero-order valence-electron chi connectivity index (χ0n) is 14.1. The Balaban J connectivity index is 1.81. The van der Waals surface area contributed by atoms with Crippen molar-refractivity contribution in [1.82, 2.24) is 0 Å². The van der Waals surface area contributed by atoms with Crippen LogP contribution in [0.3, 0.4) is 0 Å². The van der Waals surface area contributed by atoms with Crippen molar-refractivity contribution >= 4 is 0 Å². The third kappa shape index (κ3) is 2.97. The Bertz CT molecular complexity index is 734. The third-order valence-corrected chi connectivity index (χ3v) is 5.55. The molecule has 127 valence electrons. The van der Waals surface area contributed by atoms with Gasteiger partial charge in [0, 0.05) is 17.9 Å². The molecular weight excluding hydrogens is 300 g/mol. The van der Waals surface area contributed by atoms with Gasteiger partial charge in [0.25, 0.3) is 0 Å². The Labute approximate surface area is 143 Å². The summed E-state index contributed by atoms with van der Waals surface area (Å²) in [5.74, 6) is 1.37. The fourth-order valence-corrected chi connectivity index (χ4v) is 4.15. The molecule has 1 aromatic heterocycles. The van der Waals surface area contributed by atoms with Crippen molar-refractivity contribution < 1.29 is 9.52 Å². The van der Waals surface area contributed by atoms with E-state index in [-0.39, 0.29) is 17.3 Å². The Kier molecular flexibility index (Phi) is 4.34. The molecule has 1 atom stereocenters. The second kappa shape index (κ2) is 6.62. The van der Waals surface area contributed by atoms with Gasteiger partial charge in [0.2, 0.25) is 0 Å². The summed E-state index contributed by atoms with van der Waals surface area (Å²) in [5.41, 5.74) is 2.20. The van der Waals surface area contributed by atoms with Crippen LogP contribution in [0, 0.1) is 12.3 Å². The maximum Gasteiger partial charge on any atom is 0.343 e. The van der Waals surface area contributed by atoms with Crippen molar-refractivity contribution in [1.29, 1.82) is 0 Å². The van der Waals surface area contributed by atoms with Crippen LogP contribution in [0.2, 0.25) is 0 Å². The van der Waals surface area contributed by atoms with Crippen molar-refractivity contribution in [2.24, 2.45) is 5.92 Å². The maximum atomic E-state index is 12.7. The first-order valence-electron chi connectivity index (χ1n) is 9.33. The molecule has 3 aliphatic carbocycles. The molecule has 0 amide bonds. The minimum absolute atomic E-state index is 0.0233. The number of aryl methyl sites for hydroxylation is 1. The van der Waals surface area contributed by atoms with E-state index in [9.17, 15) is 9.90 Å². The number of rotatable bonds is 3. The summed E-state index contributed by atoms with van der Waals surface area (Å²) in [7, 11) is 0. The number of fused-ring (bicyclic) bond motifs is 1. The van der Waals surface area contributed by atoms with E-state index in [1.165, 1.54) is 12.8 Å². The van der Waals surface area contributed by atoms with Gasteiger partial charge < -0.3 is 9.52 Å². The molecule has 1 radical (unpaired) electrons. The summed E-state index contributed by atoms with van der Waals surface area (Å²) in [6, 6.07) is 0. The van der Waals surface area contributed by atoms with E-state index in [2.05, 4.69) is 24.6 Å². The lowest BCUT2D eigenvalue weighted by molar-refractivity contribution is 0.382. The van der Waals surface area contributed by atoms with Crippen molar-refractivity contribution in [3.63, 3.8) is 0 Å². The molecule has 0 bridgehead atoms. The van der Waals surface area contributed by atoms with Gasteiger partial charge in [-0.3, -0.25) is 0 Å². The number of allylic oxidation sites excluding steroid dienone is 4. The van der Waals surface area contributed by atoms with Crippen LogP contribution < -0.4 is 5.63 Å². The molecule has 0 saturated heterocycles. The number of hydrogen-bond acceptors (Lipinski definition) is 3. The summed E-state index contributed by atoms with van der Waals surface area (Å²) < 4.78 is 5.72. The average Bonchev–Trinajstić information content (AvgIpc) is 3.39. The van der Waals surface area contributed by atoms with Gasteiger partial charge in [0.1, 0.15) is 11.5 Å². The second-order valence-electron chi connectivity index (χ2n) is 7.32. The van der Waals surface area contributed by atoms with Gasteiger partial charge >= 0.3 is 5.63 Å². The monoisotopic (exact) mass is 325 g/mol. The van der Waals surface area contributed by atoms with Gasteiger partial charge in [-0.15, -0.1) is 0 Å². The SMILES string of the molecule is O=c1oc2c(c(O)c1C(C1=C[CH]CC=C1)C1CC1)CCCCCC2. The molecule has 1 saturated carbocycles. The molecule has 3 heteroatoms. The van der Waals surface area contributed by atoms with Crippen LogP contribution in [0.4, 0.5) is 0 Å². The minimum atomic E-state index is -0.330. The standard InChI is InChI=1S/C21H25O3/c22-20-16-10-6-1-2-7-11-17(16)24-21(23)19(20)18(15-12-13-15)14-8-4-3-5-9-14/h4-5,8-9,15,18,22H,1-3,6-7,10-13H2. The van der Waals surface area contributed by atoms with Crippen LogP contribution in [-0.2, 0) is 12.8 Å². The van der Waals surface area contributed by atoms with Crippen molar-refractivity contribution in [3.05, 3.63) is 57.5 Å². The molecule has 3 nitrogen and oxygen atoms in total. The average molecular weight is 325 g/mol.